The Kier molecular flexibility index (Phi) is 3.76. The molecule has 0 aliphatic rings. The molecular formula is C12H7BrClNO2. The van der Waals surface area contributed by atoms with Crippen LogP contribution in [-0.4, -0.2) is 11.3 Å². The minimum atomic E-state index is 0.506. The molecule has 0 saturated heterocycles. The normalized spacial score (nSPS) is 10.0. The van der Waals surface area contributed by atoms with E-state index in [1.165, 1.54) is 6.20 Å². The van der Waals surface area contributed by atoms with Gasteiger partial charge in [-0.2, -0.15) is 0 Å². The van der Waals surface area contributed by atoms with E-state index >= 15 is 0 Å². The molecule has 0 unspecified atom stereocenters. The number of carbonyl (C=O) groups is 1. The van der Waals surface area contributed by atoms with Gasteiger partial charge in [0, 0.05) is 22.3 Å². The molecule has 2 rings (SSSR count). The highest BCUT2D eigenvalue weighted by Gasteiger charge is 2.03. The summed E-state index contributed by atoms with van der Waals surface area (Å²) in [7, 11) is 0. The number of aldehydes is 1. The van der Waals surface area contributed by atoms with E-state index in [0.717, 1.165) is 6.29 Å². The largest absolute Gasteiger partial charge is 0.456 e. The van der Waals surface area contributed by atoms with Crippen LogP contribution in [0.1, 0.15) is 10.4 Å². The summed E-state index contributed by atoms with van der Waals surface area (Å²) >= 11 is 9.07. The molecule has 86 valence electrons. The molecule has 3 nitrogen and oxygen atoms in total. The average molecular weight is 313 g/mol. The fraction of sp³-hybridized carbons (Fsp3) is 0. The number of carbonyl (C=O) groups excluding carboxylic acids is 1. The molecule has 0 aliphatic carbocycles. The Balaban J connectivity index is 2.24. The van der Waals surface area contributed by atoms with Gasteiger partial charge >= 0.3 is 0 Å². The molecule has 0 fully saturated rings. The molecular weight excluding hydrogens is 305 g/mol. The summed E-state index contributed by atoms with van der Waals surface area (Å²) < 4.78 is 6.23. The highest BCUT2D eigenvalue weighted by Crippen LogP contribution is 2.27. The van der Waals surface area contributed by atoms with Gasteiger partial charge in [-0.05, 0) is 34.1 Å². The van der Waals surface area contributed by atoms with Crippen molar-refractivity contribution in [2.24, 2.45) is 0 Å². The molecule has 5 heteroatoms. The van der Waals surface area contributed by atoms with Crippen LogP contribution in [-0.2, 0) is 0 Å². The minimum absolute atomic E-state index is 0.506. The number of hydrogen-bond acceptors (Lipinski definition) is 3. The van der Waals surface area contributed by atoms with Gasteiger partial charge in [0.2, 0.25) is 0 Å². The molecule has 1 aromatic heterocycles. The first-order valence-corrected chi connectivity index (χ1v) is 5.89. The molecule has 0 N–H and O–H groups in total. The first-order valence-electron chi connectivity index (χ1n) is 4.72. The summed E-state index contributed by atoms with van der Waals surface area (Å²) in [5.41, 5.74) is 0.571. The van der Waals surface area contributed by atoms with Crippen LogP contribution in [0.5, 0.6) is 11.5 Å². The summed E-state index contributed by atoms with van der Waals surface area (Å²) in [6.45, 7) is 0. The maximum atomic E-state index is 10.6. The van der Waals surface area contributed by atoms with Crippen molar-refractivity contribution in [1.82, 2.24) is 4.98 Å². The van der Waals surface area contributed by atoms with Crippen molar-refractivity contribution in [2.75, 3.05) is 0 Å². The number of pyridine rings is 1. The molecule has 1 aromatic carbocycles. The summed E-state index contributed by atoms with van der Waals surface area (Å²) in [5, 5.41) is 0.506. The second-order valence-electron chi connectivity index (χ2n) is 3.24. The zero-order chi connectivity index (χ0) is 12.3. The predicted octanol–water partition coefficient (Wildman–Crippen LogP) is 4.10. The van der Waals surface area contributed by atoms with Gasteiger partial charge < -0.3 is 4.74 Å². The Morgan fingerprint density at radius 3 is 2.71 bits per heavy atom. The number of hydrogen-bond donors (Lipinski definition) is 0. The van der Waals surface area contributed by atoms with Gasteiger partial charge in [-0.15, -0.1) is 0 Å². The van der Waals surface area contributed by atoms with Gasteiger partial charge in [0.05, 0.1) is 11.2 Å². The van der Waals surface area contributed by atoms with Gasteiger partial charge in [0.15, 0.2) is 6.29 Å². The van der Waals surface area contributed by atoms with Crippen molar-refractivity contribution < 1.29 is 9.53 Å². The van der Waals surface area contributed by atoms with Crippen molar-refractivity contribution in [3.63, 3.8) is 0 Å². The number of nitrogens with zero attached hydrogens (tertiary/aromatic N) is 1. The van der Waals surface area contributed by atoms with E-state index in [9.17, 15) is 4.79 Å². The van der Waals surface area contributed by atoms with Crippen molar-refractivity contribution in [3.8, 4) is 11.5 Å². The third-order valence-corrected chi connectivity index (χ3v) is 2.91. The fourth-order valence-electron chi connectivity index (χ4n) is 1.25. The molecule has 0 atom stereocenters. The first kappa shape index (κ1) is 12.1. The Labute approximate surface area is 112 Å². The van der Waals surface area contributed by atoms with Crippen molar-refractivity contribution >= 4 is 33.8 Å². The molecule has 0 saturated carbocycles. The first-order chi connectivity index (χ1) is 8.19. The van der Waals surface area contributed by atoms with E-state index in [4.69, 9.17) is 16.3 Å². The average Bonchev–Trinajstić information content (AvgIpc) is 2.29. The number of aromatic nitrogens is 1. The van der Waals surface area contributed by atoms with Crippen LogP contribution in [0.4, 0.5) is 0 Å². The number of ether oxygens (including phenoxy) is 1. The summed E-state index contributed by atoms with van der Waals surface area (Å²) in [4.78, 5) is 14.6. The van der Waals surface area contributed by atoms with E-state index in [-0.39, 0.29) is 0 Å². The smallest absolute Gasteiger partial charge is 0.151 e. The van der Waals surface area contributed by atoms with Crippen LogP contribution < -0.4 is 4.74 Å². The van der Waals surface area contributed by atoms with E-state index in [0.29, 0.717) is 26.6 Å². The molecule has 0 radical (unpaired) electrons. The molecule has 0 aliphatic heterocycles. The van der Waals surface area contributed by atoms with E-state index in [1.807, 2.05) is 0 Å². The van der Waals surface area contributed by atoms with Gasteiger partial charge in [-0.3, -0.25) is 9.78 Å². The highest BCUT2D eigenvalue weighted by atomic mass is 79.9. The standard InChI is InChI=1S/C12H7BrClNO2/c13-12-4-10(2-1-8(12)7-16)17-11-3-9(14)5-15-6-11/h1-7H. The molecule has 0 spiro atoms. The lowest BCUT2D eigenvalue weighted by atomic mass is 10.2. The monoisotopic (exact) mass is 311 g/mol. The quantitative estimate of drug-likeness (QED) is 0.801. The van der Waals surface area contributed by atoms with Crippen molar-refractivity contribution in [3.05, 3.63) is 51.7 Å². The number of benzene rings is 1. The van der Waals surface area contributed by atoms with Crippen molar-refractivity contribution in [2.45, 2.75) is 0 Å². The maximum Gasteiger partial charge on any atom is 0.151 e. The molecule has 0 amide bonds. The Bertz CT molecular complexity index is 560. The lowest BCUT2D eigenvalue weighted by molar-refractivity contribution is 0.112. The Hall–Kier alpha value is -1.39. The molecule has 1 heterocycles. The third kappa shape index (κ3) is 3.05. The van der Waals surface area contributed by atoms with E-state index < -0.39 is 0 Å². The third-order valence-electron chi connectivity index (χ3n) is 2.01. The van der Waals surface area contributed by atoms with E-state index in [2.05, 4.69) is 20.9 Å². The highest BCUT2D eigenvalue weighted by molar-refractivity contribution is 9.10. The maximum absolute atomic E-state index is 10.6. The van der Waals surface area contributed by atoms with E-state index in [1.54, 1.807) is 30.5 Å². The topological polar surface area (TPSA) is 39.2 Å². The van der Waals surface area contributed by atoms with Crippen LogP contribution in [0.3, 0.4) is 0 Å². The fourth-order valence-corrected chi connectivity index (χ4v) is 1.87. The number of rotatable bonds is 3. The zero-order valence-corrected chi connectivity index (χ0v) is 10.9. The Morgan fingerprint density at radius 2 is 2.06 bits per heavy atom. The SMILES string of the molecule is O=Cc1ccc(Oc2cncc(Cl)c2)cc1Br. The van der Waals surface area contributed by atoms with Gasteiger partial charge in [-0.25, -0.2) is 0 Å². The predicted molar refractivity (Wildman–Crippen MR) is 68.9 cm³/mol. The van der Waals surface area contributed by atoms with Crippen LogP contribution >= 0.6 is 27.5 Å². The van der Waals surface area contributed by atoms with Crippen molar-refractivity contribution in [1.29, 1.82) is 0 Å². The van der Waals surface area contributed by atoms with Gasteiger partial charge in [0.25, 0.3) is 0 Å². The summed E-state index contributed by atoms with van der Waals surface area (Å²) in [6, 6.07) is 6.75. The molecule has 0 bridgehead atoms. The second-order valence-corrected chi connectivity index (χ2v) is 4.53. The minimum Gasteiger partial charge on any atom is -0.456 e. The van der Waals surface area contributed by atoms with Crippen LogP contribution in [0, 0.1) is 0 Å². The van der Waals surface area contributed by atoms with Gasteiger partial charge in [-0.1, -0.05) is 11.6 Å². The second kappa shape index (κ2) is 5.29. The lowest BCUT2D eigenvalue weighted by Crippen LogP contribution is -1.88. The van der Waals surface area contributed by atoms with Crippen LogP contribution in [0.15, 0.2) is 41.1 Å². The summed E-state index contributed by atoms with van der Waals surface area (Å²) in [5.74, 6) is 1.15. The van der Waals surface area contributed by atoms with Crippen LogP contribution in [0.2, 0.25) is 5.02 Å². The number of halogens is 2. The lowest BCUT2D eigenvalue weighted by Gasteiger charge is -2.06. The molecule has 17 heavy (non-hydrogen) atoms. The van der Waals surface area contributed by atoms with Crippen LogP contribution in [0.25, 0.3) is 0 Å². The summed E-state index contributed by atoms with van der Waals surface area (Å²) in [6.07, 6.45) is 3.86. The zero-order valence-electron chi connectivity index (χ0n) is 8.56. The Morgan fingerprint density at radius 1 is 1.24 bits per heavy atom. The molecule has 2 aromatic rings. The van der Waals surface area contributed by atoms with Gasteiger partial charge in [0.1, 0.15) is 11.5 Å².